The van der Waals surface area contributed by atoms with E-state index in [4.69, 9.17) is 0 Å². The first kappa shape index (κ1) is 18.2. The predicted molar refractivity (Wildman–Crippen MR) is 101 cm³/mol. The maximum Gasteiger partial charge on any atom is 0.275 e. The Morgan fingerprint density at radius 2 is 1.80 bits per heavy atom. The number of piperazine rings is 1. The lowest BCUT2D eigenvalue weighted by atomic mass is 10.1. The summed E-state index contributed by atoms with van der Waals surface area (Å²) in [6.45, 7) is 12.8. The van der Waals surface area contributed by atoms with Crippen molar-refractivity contribution in [3.63, 3.8) is 0 Å². The SMILES string of the molecule is CC[NH+]1CCC(NC(=O)C[NH+]2CCN(c3ccccc3C)CC2)CC1. The minimum atomic E-state index is 0.240. The van der Waals surface area contributed by atoms with Crippen LogP contribution >= 0.6 is 0 Å². The summed E-state index contributed by atoms with van der Waals surface area (Å²) in [5.74, 6) is 0.240. The van der Waals surface area contributed by atoms with Gasteiger partial charge < -0.3 is 20.0 Å². The number of amides is 1. The second kappa shape index (κ2) is 8.68. The summed E-state index contributed by atoms with van der Waals surface area (Å²) in [4.78, 5) is 17.9. The van der Waals surface area contributed by atoms with Gasteiger partial charge >= 0.3 is 0 Å². The van der Waals surface area contributed by atoms with Gasteiger partial charge in [0, 0.05) is 24.6 Å². The lowest BCUT2D eigenvalue weighted by Gasteiger charge is -2.34. The van der Waals surface area contributed by atoms with E-state index < -0.39 is 0 Å². The van der Waals surface area contributed by atoms with E-state index in [0.717, 1.165) is 39.0 Å². The van der Waals surface area contributed by atoms with Gasteiger partial charge in [0.05, 0.1) is 45.8 Å². The highest BCUT2D eigenvalue weighted by molar-refractivity contribution is 5.77. The third-order valence-corrected chi connectivity index (χ3v) is 5.90. The molecule has 2 aliphatic rings. The average Bonchev–Trinajstić information content (AvgIpc) is 2.63. The second-order valence-corrected chi connectivity index (χ2v) is 7.65. The van der Waals surface area contributed by atoms with Gasteiger partial charge in [-0.15, -0.1) is 0 Å². The number of benzene rings is 1. The number of rotatable bonds is 5. The second-order valence-electron chi connectivity index (χ2n) is 7.65. The number of nitrogens with zero attached hydrogens (tertiary/aromatic N) is 1. The average molecular weight is 347 g/mol. The van der Waals surface area contributed by atoms with E-state index in [9.17, 15) is 4.79 Å². The first-order valence-corrected chi connectivity index (χ1v) is 9.92. The Hall–Kier alpha value is -1.59. The quantitative estimate of drug-likeness (QED) is 0.633. The van der Waals surface area contributed by atoms with Crippen molar-refractivity contribution < 1.29 is 14.6 Å². The Balaban J connectivity index is 1.40. The fourth-order valence-corrected chi connectivity index (χ4v) is 4.19. The first-order chi connectivity index (χ1) is 12.2. The smallest absolute Gasteiger partial charge is 0.275 e. The molecule has 0 saturated carbocycles. The van der Waals surface area contributed by atoms with E-state index in [0.29, 0.717) is 12.6 Å². The molecule has 2 heterocycles. The number of likely N-dealkylation sites (tertiary alicyclic amines) is 1. The van der Waals surface area contributed by atoms with Crippen LogP contribution in [0.5, 0.6) is 0 Å². The van der Waals surface area contributed by atoms with Crippen LogP contribution in [-0.2, 0) is 4.79 Å². The molecule has 0 unspecified atom stereocenters. The van der Waals surface area contributed by atoms with E-state index in [1.807, 2.05) is 0 Å². The Morgan fingerprint density at radius 3 is 2.44 bits per heavy atom. The summed E-state index contributed by atoms with van der Waals surface area (Å²) in [5.41, 5.74) is 2.68. The van der Waals surface area contributed by atoms with Crippen molar-refractivity contribution in [3.8, 4) is 0 Å². The molecule has 0 atom stereocenters. The summed E-state index contributed by atoms with van der Waals surface area (Å²) in [6.07, 6.45) is 2.26. The standard InChI is InChI=1S/C20H32N4O/c1-3-22-10-8-18(9-11-22)21-20(25)16-23-12-14-24(15-13-23)19-7-5-4-6-17(19)2/h4-7,18H,3,8-16H2,1-2H3,(H,21,25)/p+2. The fraction of sp³-hybridized carbons (Fsp3) is 0.650. The molecule has 1 aromatic rings. The number of para-hydroxylation sites is 1. The summed E-state index contributed by atoms with van der Waals surface area (Å²) in [5, 5.41) is 3.28. The fourth-order valence-electron chi connectivity index (χ4n) is 4.19. The van der Waals surface area contributed by atoms with E-state index >= 15 is 0 Å². The van der Waals surface area contributed by atoms with Gasteiger partial charge in [0.1, 0.15) is 0 Å². The number of aryl methyl sites for hydroxylation is 1. The Kier molecular flexibility index (Phi) is 6.32. The van der Waals surface area contributed by atoms with Gasteiger partial charge in [-0.3, -0.25) is 4.79 Å². The third-order valence-electron chi connectivity index (χ3n) is 5.90. The number of hydrogen-bond acceptors (Lipinski definition) is 2. The van der Waals surface area contributed by atoms with Gasteiger partial charge in [0.25, 0.3) is 5.91 Å². The molecule has 0 spiro atoms. The summed E-state index contributed by atoms with van der Waals surface area (Å²) >= 11 is 0. The molecule has 138 valence electrons. The first-order valence-electron chi connectivity index (χ1n) is 9.92. The molecule has 0 aliphatic carbocycles. The molecule has 1 amide bonds. The maximum absolute atomic E-state index is 12.4. The van der Waals surface area contributed by atoms with Crippen LogP contribution in [-0.4, -0.2) is 64.3 Å². The monoisotopic (exact) mass is 346 g/mol. The van der Waals surface area contributed by atoms with E-state index in [1.165, 1.54) is 35.8 Å². The lowest BCUT2D eigenvalue weighted by Crippen LogP contribution is -3.16. The van der Waals surface area contributed by atoms with Crippen molar-refractivity contribution in [3.05, 3.63) is 29.8 Å². The van der Waals surface area contributed by atoms with Gasteiger partial charge in [-0.25, -0.2) is 0 Å². The zero-order valence-corrected chi connectivity index (χ0v) is 15.8. The molecule has 2 saturated heterocycles. The molecule has 2 fully saturated rings. The van der Waals surface area contributed by atoms with Crippen molar-refractivity contribution in [1.29, 1.82) is 0 Å². The normalized spacial score (nSPS) is 25.0. The number of nitrogens with one attached hydrogen (secondary N) is 3. The van der Waals surface area contributed by atoms with Crippen LogP contribution in [0.25, 0.3) is 0 Å². The van der Waals surface area contributed by atoms with E-state index in [-0.39, 0.29) is 5.91 Å². The number of carbonyl (C=O) groups is 1. The minimum Gasteiger partial charge on any atom is -0.360 e. The van der Waals surface area contributed by atoms with Crippen LogP contribution in [0.3, 0.4) is 0 Å². The number of hydrogen-bond donors (Lipinski definition) is 3. The van der Waals surface area contributed by atoms with Crippen LogP contribution in [0.15, 0.2) is 24.3 Å². The van der Waals surface area contributed by atoms with E-state index in [2.05, 4.69) is 48.3 Å². The van der Waals surface area contributed by atoms with Gasteiger partial charge in [0.2, 0.25) is 0 Å². The summed E-state index contributed by atoms with van der Waals surface area (Å²) in [7, 11) is 0. The minimum absolute atomic E-state index is 0.240. The predicted octanol–water partition coefficient (Wildman–Crippen LogP) is -1.12. The molecule has 0 aromatic heterocycles. The zero-order valence-electron chi connectivity index (χ0n) is 15.8. The molecule has 25 heavy (non-hydrogen) atoms. The Labute approximate surface area is 152 Å². The molecule has 3 rings (SSSR count). The Bertz CT molecular complexity index is 561. The number of anilines is 1. The van der Waals surface area contributed by atoms with Crippen LogP contribution < -0.4 is 20.0 Å². The number of quaternary nitrogens is 2. The molecular weight excluding hydrogens is 312 g/mol. The maximum atomic E-state index is 12.4. The van der Waals surface area contributed by atoms with Crippen molar-refractivity contribution >= 4 is 11.6 Å². The molecule has 0 radical (unpaired) electrons. The molecule has 2 aliphatic heterocycles. The van der Waals surface area contributed by atoms with Gasteiger partial charge in [0.15, 0.2) is 6.54 Å². The molecule has 1 aromatic carbocycles. The van der Waals surface area contributed by atoms with Gasteiger partial charge in [-0.2, -0.15) is 0 Å². The zero-order chi connectivity index (χ0) is 17.6. The van der Waals surface area contributed by atoms with Gasteiger partial charge in [-0.05, 0) is 25.5 Å². The van der Waals surface area contributed by atoms with Crippen LogP contribution in [0, 0.1) is 6.92 Å². The Morgan fingerprint density at radius 1 is 1.12 bits per heavy atom. The van der Waals surface area contributed by atoms with Crippen molar-refractivity contribution in [2.24, 2.45) is 0 Å². The summed E-state index contributed by atoms with van der Waals surface area (Å²) in [6, 6.07) is 8.98. The molecule has 3 N–H and O–H groups in total. The number of carbonyl (C=O) groups excluding carboxylic acids is 1. The topological polar surface area (TPSA) is 41.2 Å². The highest BCUT2D eigenvalue weighted by Gasteiger charge is 2.26. The third kappa shape index (κ3) is 4.95. The largest absolute Gasteiger partial charge is 0.360 e. The van der Waals surface area contributed by atoms with E-state index in [1.54, 1.807) is 4.90 Å². The van der Waals surface area contributed by atoms with Crippen LogP contribution in [0.2, 0.25) is 0 Å². The van der Waals surface area contributed by atoms with Crippen molar-refractivity contribution in [1.82, 2.24) is 5.32 Å². The van der Waals surface area contributed by atoms with Gasteiger partial charge in [-0.1, -0.05) is 18.2 Å². The van der Waals surface area contributed by atoms with Crippen LogP contribution in [0.4, 0.5) is 5.69 Å². The highest BCUT2D eigenvalue weighted by atomic mass is 16.2. The lowest BCUT2D eigenvalue weighted by molar-refractivity contribution is -0.903. The molecule has 0 bridgehead atoms. The number of piperidine rings is 1. The van der Waals surface area contributed by atoms with Crippen LogP contribution in [0.1, 0.15) is 25.3 Å². The highest BCUT2D eigenvalue weighted by Crippen LogP contribution is 2.18. The summed E-state index contributed by atoms with van der Waals surface area (Å²) < 4.78 is 0. The van der Waals surface area contributed by atoms with Crippen molar-refractivity contribution in [2.45, 2.75) is 32.7 Å². The molecule has 5 nitrogen and oxygen atoms in total. The van der Waals surface area contributed by atoms with Crippen molar-refractivity contribution in [2.75, 3.05) is 57.3 Å². The molecular formula is C20H34N4O+2. The molecule has 5 heteroatoms.